The molecule has 1 heterocycles. The van der Waals surface area contributed by atoms with Crippen molar-refractivity contribution in [2.75, 3.05) is 0 Å². The summed E-state index contributed by atoms with van der Waals surface area (Å²) in [7, 11) is -4.07. The molecule has 0 aliphatic carbocycles. The molecule has 2 atom stereocenters. The first-order valence-electron chi connectivity index (χ1n) is 8.59. The van der Waals surface area contributed by atoms with Gasteiger partial charge in [0.25, 0.3) is 15.9 Å². The fourth-order valence-corrected chi connectivity index (χ4v) is 4.74. The van der Waals surface area contributed by atoms with Crippen molar-refractivity contribution in [2.24, 2.45) is 0 Å². The van der Waals surface area contributed by atoms with Crippen LogP contribution in [0.3, 0.4) is 0 Å². The molecule has 3 aromatic carbocycles. The van der Waals surface area contributed by atoms with Crippen LogP contribution in [0.1, 0.15) is 11.6 Å². The zero-order valence-electron chi connectivity index (χ0n) is 14.6. The summed E-state index contributed by atoms with van der Waals surface area (Å²) in [5.41, 5.74) is 0.474. The van der Waals surface area contributed by atoms with Crippen molar-refractivity contribution in [1.82, 2.24) is 4.31 Å². The predicted octanol–water partition coefficient (Wildman–Crippen LogP) is 3.55. The van der Waals surface area contributed by atoms with Gasteiger partial charge in [0.1, 0.15) is 17.6 Å². The average Bonchev–Trinajstić information content (AvgIpc) is 2.72. The highest BCUT2D eigenvalue weighted by molar-refractivity contribution is 7.89. The van der Waals surface area contributed by atoms with Crippen LogP contribution in [0.25, 0.3) is 0 Å². The number of carbonyl (C=O) groups is 1. The van der Waals surface area contributed by atoms with E-state index in [2.05, 4.69) is 0 Å². The van der Waals surface area contributed by atoms with E-state index in [0.717, 1.165) is 4.31 Å². The number of carbonyl (C=O) groups excluding carboxylic acids is 1. The highest BCUT2D eigenvalue weighted by Gasteiger charge is 2.56. The lowest BCUT2D eigenvalue weighted by Gasteiger charge is -2.45. The van der Waals surface area contributed by atoms with Gasteiger partial charge in [0.05, 0.1) is 4.90 Å². The van der Waals surface area contributed by atoms with E-state index < -0.39 is 33.9 Å². The van der Waals surface area contributed by atoms with E-state index >= 15 is 0 Å². The number of halogens is 1. The third kappa shape index (κ3) is 3.14. The number of benzene rings is 3. The number of hydrogen-bond donors (Lipinski definition) is 0. The second-order valence-electron chi connectivity index (χ2n) is 6.30. The topological polar surface area (TPSA) is 63.7 Å². The van der Waals surface area contributed by atoms with Crippen LogP contribution in [0.4, 0.5) is 4.39 Å². The van der Waals surface area contributed by atoms with E-state index in [9.17, 15) is 17.6 Å². The number of rotatable bonds is 5. The van der Waals surface area contributed by atoms with Gasteiger partial charge in [0.15, 0.2) is 0 Å². The van der Waals surface area contributed by atoms with Crippen molar-refractivity contribution in [3.8, 4) is 5.75 Å². The smallest absolute Gasteiger partial charge is 0.280 e. The summed E-state index contributed by atoms with van der Waals surface area (Å²) in [6, 6.07) is 20.9. The van der Waals surface area contributed by atoms with E-state index in [4.69, 9.17) is 4.74 Å². The first-order chi connectivity index (χ1) is 13.5. The molecule has 0 unspecified atom stereocenters. The van der Waals surface area contributed by atoms with Crippen LogP contribution < -0.4 is 4.74 Å². The van der Waals surface area contributed by atoms with Crippen LogP contribution in [0, 0.1) is 5.82 Å². The minimum absolute atomic E-state index is 0.00798. The average molecular weight is 397 g/mol. The Hall–Kier alpha value is -3.19. The molecular formula is C21H16FNO4S. The molecule has 1 amide bonds. The fraction of sp³-hybridized carbons (Fsp3) is 0.0952. The van der Waals surface area contributed by atoms with Crippen molar-refractivity contribution in [2.45, 2.75) is 17.0 Å². The lowest BCUT2D eigenvalue weighted by molar-refractivity contribution is -0.153. The lowest BCUT2D eigenvalue weighted by atomic mass is 9.93. The number of para-hydroxylation sites is 1. The van der Waals surface area contributed by atoms with E-state index in [0.29, 0.717) is 11.3 Å². The lowest BCUT2D eigenvalue weighted by Crippen LogP contribution is -2.63. The summed E-state index contributed by atoms with van der Waals surface area (Å²) >= 11 is 0. The first kappa shape index (κ1) is 18.2. The standard InChI is InChI=1S/C21H16FNO4S/c22-16-13-11-15(12-14-16)19-20(27-17-7-3-1-4-8-17)21(24)23(19)28(25,26)18-9-5-2-6-10-18/h1-14,19-20H/t19-,20+/m1/s1. The van der Waals surface area contributed by atoms with Crippen molar-refractivity contribution < 1.29 is 22.3 Å². The Labute approximate surface area is 162 Å². The van der Waals surface area contributed by atoms with Crippen molar-refractivity contribution in [3.05, 3.63) is 96.3 Å². The molecule has 0 aromatic heterocycles. The maximum Gasteiger partial charge on any atom is 0.280 e. The second-order valence-corrected chi connectivity index (χ2v) is 8.11. The Kier molecular flexibility index (Phi) is 4.60. The SMILES string of the molecule is O=C1[C@@H](Oc2ccccc2)[C@@H](c2ccc(F)cc2)N1S(=O)(=O)c1ccccc1. The molecule has 1 aliphatic heterocycles. The van der Waals surface area contributed by atoms with Crippen LogP contribution in [0.5, 0.6) is 5.75 Å². The van der Waals surface area contributed by atoms with Gasteiger partial charge >= 0.3 is 0 Å². The van der Waals surface area contributed by atoms with E-state index in [1.165, 1.54) is 36.4 Å². The van der Waals surface area contributed by atoms with Crippen LogP contribution >= 0.6 is 0 Å². The minimum atomic E-state index is -4.07. The van der Waals surface area contributed by atoms with Gasteiger partial charge in [-0.25, -0.2) is 17.1 Å². The number of amides is 1. The monoisotopic (exact) mass is 397 g/mol. The van der Waals surface area contributed by atoms with Gasteiger partial charge in [-0.05, 0) is 42.0 Å². The Morgan fingerprint density at radius 1 is 0.821 bits per heavy atom. The molecule has 5 nitrogen and oxygen atoms in total. The summed E-state index contributed by atoms with van der Waals surface area (Å²) in [6.45, 7) is 0. The van der Waals surface area contributed by atoms with Gasteiger partial charge in [0.2, 0.25) is 6.10 Å². The summed E-state index contributed by atoms with van der Waals surface area (Å²) in [5.74, 6) is -0.667. The Morgan fingerprint density at radius 3 is 2.00 bits per heavy atom. The number of β-lactam (4-membered cyclic amide) rings is 1. The molecule has 3 aromatic rings. The Bertz CT molecular complexity index is 1090. The van der Waals surface area contributed by atoms with Crippen LogP contribution in [0.2, 0.25) is 0 Å². The quantitative estimate of drug-likeness (QED) is 0.618. The molecule has 0 bridgehead atoms. The number of ether oxygens (including phenoxy) is 1. The molecular weight excluding hydrogens is 381 g/mol. The molecule has 7 heteroatoms. The predicted molar refractivity (Wildman–Crippen MR) is 100 cm³/mol. The van der Waals surface area contributed by atoms with Crippen molar-refractivity contribution in [1.29, 1.82) is 0 Å². The van der Waals surface area contributed by atoms with Gasteiger partial charge in [-0.15, -0.1) is 0 Å². The highest BCUT2D eigenvalue weighted by atomic mass is 32.2. The Balaban J connectivity index is 1.73. The van der Waals surface area contributed by atoms with Crippen molar-refractivity contribution in [3.63, 3.8) is 0 Å². The number of nitrogens with zero attached hydrogens (tertiary/aromatic N) is 1. The molecule has 0 spiro atoms. The van der Waals surface area contributed by atoms with E-state index in [1.54, 1.807) is 48.5 Å². The van der Waals surface area contributed by atoms with Gasteiger partial charge in [0, 0.05) is 0 Å². The van der Waals surface area contributed by atoms with Gasteiger partial charge in [-0.1, -0.05) is 48.5 Å². The van der Waals surface area contributed by atoms with E-state index in [1.807, 2.05) is 0 Å². The van der Waals surface area contributed by atoms with Gasteiger partial charge < -0.3 is 4.74 Å². The molecule has 1 aliphatic rings. The molecule has 4 rings (SSSR count). The fourth-order valence-electron chi connectivity index (χ4n) is 3.14. The van der Waals surface area contributed by atoms with Crippen LogP contribution in [0.15, 0.2) is 89.8 Å². The summed E-state index contributed by atoms with van der Waals surface area (Å²) in [6.07, 6.45) is -1.02. The maximum atomic E-state index is 13.4. The van der Waals surface area contributed by atoms with Crippen LogP contribution in [-0.4, -0.2) is 24.7 Å². The summed E-state index contributed by atoms with van der Waals surface area (Å²) in [5, 5.41) is 0. The normalized spacial score (nSPS) is 19.2. The van der Waals surface area contributed by atoms with Gasteiger partial charge in [-0.2, -0.15) is 0 Å². The third-order valence-corrected chi connectivity index (χ3v) is 6.31. The molecule has 0 N–H and O–H groups in total. The van der Waals surface area contributed by atoms with E-state index in [-0.39, 0.29) is 4.90 Å². The second kappa shape index (κ2) is 7.09. The Morgan fingerprint density at radius 2 is 1.39 bits per heavy atom. The molecule has 1 fully saturated rings. The first-order valence-corrected chi connectivity index (χ1v) is 10.0. The largest absolute Gasteiger partial charge is 0.478 e. The number of hydrogen-bond acceptors (Lipinski definition) is 4. The molecule has 142 valence electrons. The third-order valence-electron chi connectivity index (χ3n) is 4.52. The minimum Gasteiger partial charge on any atom is -0.478 e. The molecule has 28 heavy (non-hydrogen) atoms. The maximum absolute atomic E-state index is 13.4. The molecule has 0 saturated carbocycles. The highest BCUT2D eigenvalue weighted by Crippen LogP contribution is 2.41. The van der Waals surface area contributed by atoms with Crippen LogP contribution in [-0.2, 0) is 14.8 Å². The zero-order chi connectivity index (χ0) is 19.7. The number of sulfonamides is 1. The van der Waals surface area contributed by atoms with Gasteiger partial charge in [-0.3, -0.25) is 4.79 Å². The summed E-state index contributed by atoms with van der Waals surface area (Å²) in [4.78, 5) is 12.8. The van der Waals surface area contributed by atoms with Crippen molar-refractivity contribution >= 4 is 15.9 Å². The molecule has 0 radical (unpaired) electrons. The summed E-state index contributed by atoms with van der Waals surface area (Å²) < 4.78 is 46.0. The molecule has 1 saturated heterocycles. The zero-order valence-corrected chi connectivity index (χ0v) is 15.4.